The maximum Gasteiger partial charge on any atom is 0.227 e. The van der Waals surface area contributed by atoms with Gasteiger partial charge in [0.05, 0.1) is 5.69 Å². The third-order valence-electron chi connectivity index (χ3n) is 4.81. The van der Waals surface area contributed by atoms with Crippen molar-refractivity contribution in [3.8, 4) is 11.3 Å². The van der Waals surface area contributed by atoms with E-state index >= 15 is 0 Å². The molecule has 1 aromatic carbocycles. The third-order valence-corrected chi connectivity index (χ3v) is 5.77. The average Bonchev–Trinajstić information content (AvgIpc) is 3.19. The molecule has 4 nitrogen and oxygen atoms in total. The number of aromatic nitrogens is 2. The maximum atomic E-state index is 12.3. The first-order valence-corrected chi connectivity index (χ1v) is 9.43. The Labute approximate surface area is 145 Å². The van der Waals surface area contributed by atoms with Crippen LogP contribution in [0.2, 0.25) is 0 Å². The number of hydrogen-bond acceptors (Lipinski definition) is 3. The lowest BCUT2D eigenvalue weighted by Gasteiger charge is -2.20. The average molecular weight is 339 g/mol. The van der Waals surface area contributed by atoms with E-state index in [0.29, 0.717) is 0 Å². The summed E-state index contributed by atoms with van der Waals surface area (Å²) in [5.74, 6) is 0.349. The van der Waals surface area contributed by atoms with Gasteiger partial charge in [-0.05, 0) is 31.9 Å². The maximum absolute atomic E-state index is 12.3. The summed E-state index contributed by atoms with van der Waals surface area (Å²) >= 11 is 1.65. The first-order chi connectivity index (χ1) is 11.7. The molecule has 1 amide bonds. The van der Waals surface area contributed by atoms with E-state index in [1.54, 1.807) is 11.3 Å². The van der Waals surface area contributed by atoms with Crippen LogP contribution in [0, 0.1) is 12.8 Å². The monoisotopic (exact) mass is 339 g/mol. The van der Waals surface area contributed by atoms with E-state index in [1.807, 2.05) is 24.3 Å². The minimum Gasteiger partial charge on any atom is -0.326 e. The number of carbonyl (C=O) groups is 1. The molecular formula is C19H21N3OS. The molecule has 1 aliphatic carbocycles. The van der Waals surface area contributed by atoms with E-state index in [4.69, 9.17) is 0 Å². The Hall–Kier alpha value is -2.14. The van der Waals surface area contributed by atoms with Gasteiger partial charge >= 0.3 is 0 Å². The molecule has 0 atom stereocenters. The van der Waals surface area contributed by atoms with Crippen LogP contribution in [-0.2, 0) is 4.79 Å². The second-order valence-corrected chi connectivity index (χ2v) is 7.39. The van der Waals surface area contributed by atoms with Gasteiger partial charge in [-0.15, -0.1) is 11.3 Å². The van der Waals surface area contributed by atoms with Gasteiger partial charge < -0.3 is 5.32 Å². The van der Waals surface area contributed by atoms with E-state index in [1.165, 1.54) is 25.0 Å². The van der Waals surface area contributed by atoms with Crippen molar-refractivity contribution in [2.75, 3.05) is 5.32 Å². The normalized spacial score (nSPS) is 15.7. The molecule has 0 unspecified atom stereocenters. The van der Waals surface area contributed by atoms with Gasteiger partial charge in [0.1, 0.15) is 0 Å². The molecule has 0 aliphatic heterocycles. The Balaban J connectivity index is 1.48. The second-order valence-electron chi connectivity index (χ2n) is 6.56. The number of amides is 1. The standard InChI is InChI=1S/C19H21N3OS/c1-13-12-24-19-21-17(11-22(13)19)14-7-9-16(10-8-14)20-18(23)15-5-3-2-4-6-15/h7-12,15H,2-6H2,1H3,(H,20,23). The van der Waals surface area contributed by atoms with Crippen LogP contribution >= 0.6 is 11.3 Å². The molecule has 0 saturated heterocycles. The van der Waals surface area contributed by atoms with Crippen LogP contribution in [0.1, 0.15) is 37.8 Å². The number of carbonyl (C=O) groups excluding carboxylic acids is 1. The van der Waals surface area contributed by atoms with Crippen LogP contribution in [0.3, 0.4) is 0 Å². The van der Waals surface area contributed by atoms with E-state index in [0.717, 1.165) is 34.7 Å². The number of hydrogen-bond donors (Lipinski definition) is 1. The highest BCUT2D eigenvalue weighted by Gasteiger charge is 2.21. The minimum absolute atomic E-state index is 0.167. The SMILES string of the molecule is Cc1csc2nc(-c3ccc(NC(=O)C4CCCCC4)cc3)cn12. The van der Waals surface area contributed by atoms with E-state index in [-0.39, 0.29) is 11.8 Å². The number of anilines is 1. The minimum atomic E-state index is 0.167. The molecule has 1 saturated carbocycles. The van der Waals surface area contributed by atoms with Crippen LogP contribution < -0.4 is 5.32 Å². The van der Waals surface area contributed by atoms with Crippen molar-refractivity contribution in [3.05, 3.63) is 41.5 Å². The molecule has 4 rings (SSSR count). The van der Waals surface area contributed by atoms with Gasteiger partial charge in [0.15, 0.2) is 4.96 Å². The van der Waals surface area contributed by atoms with Gasteiger partial charge in [0, 0.05) is 34.4 Å². The lowest BCUT2D eigenvalue weighted by molar-refractivity contribution is -0.120. The highest BCUT2D eigenvalue weighted by Crippen LogP contribution is 2.27. The fourth-order valence-corrected chi connectivity index (χ4v) is 4.22. The van der Waals surface area contributed by atoms with Crippen molar-refractivity contribution in [3.63, 3.8) is 0 Å². The zero-order valence-corrected chi connectivity index (χ0v) is 14.6. The molecular weight excluding hydrogens is 318 g/mol. The quantitative estimate of drug-likeness (QED) is 0.738. The van der Waals surface area contributed by atoms with E-state index < -0.39 is 0 Å². The second kappa shape index (κ2) is 6.40. The lowest BCUT2D eigenvalue weighted by Crippen LogP contribution is -2.24. The zero-order chi connectivity index (χ0) is 16.5. The van der Waals surface area contributed by atoms with Crippen molar-refractivity contribution < 1.29 is 4.79 Å². The molecule has 2 heterocycles. The number of nitrogens with one attached hydrogen (secondary N) is 1. The molecule has 24 heavy (non-hydrogen) atoms. The summed E-state index contributed by atoms with van der Waals surface area (Å²) < 4.78 is 2.11. The molecule has 124 valence electrons. The van der Waals surface area contributed by atoms with Gasteiger partial charge in [-0.25, -0.2) is 4.98 Å². The molecule has 3 aromatic rings. The number of benzene rings is 1. The van der Waals surface area contributed by atoms with Gasteiger partial charge in [0.2, 0.25) is 5.91 Å². The van der Waals surface area contributed by atoms with Gasteiger partial charge in [-0.1, -0.05) is 31.4 Å². The lowest BCUT2D eigenvalue weighted by atomic mass is 9.88. The van der Waals surface area contributed by atoms with Crippen molar-refractivity contribution in [1.29, 1.82) is 0 Å². The summed E-state index contributed by atoms with van der Waals surface area (Å²) in [6, 6.07) is 7.99. The third kappa shape index (κ3) is 2.96. The topological polar surface area (TPSA) is 46.4 Å². The summed E-state index contributed by atoms with van der Waals surface area (Å²) in [7, 11) is 0. The smallest absolute Gasteiger partial charge is 0.227 e. The fourth-order valence-electron chi connectivity index (χ4n) is 3.37. The summed E-state index contributed by atoms with van der Waals surface area (Å²) in [4.78, 5) is 18.0. The van der Waals surface area contributed by atoms with Crippen LogP contribution in [0.25, 0.3) is 16.2 Å². The Kier molecular flexibility index (Phi) is 4.10. The number of thiazole rings is 1. The first-order valence-electron chi connectivity index (χ1n) is 8.55. The van der Waals surface area contributed by atoms with Crippen molar-refractivity contribution in [2.24, 2.45) is 5.92 Å². The summed E-state index contributed by atoms with van der Waals surface area (Å²) in [6.07, 6.45) is 7.72. The summed E-state index contributed by atoms with van der Waals surface area (Å²) in [6.45, 7) is 2.08. The molecule has 5 heteroatoms. The van der Waals surface area contributed by atoms with Crippen LogP contribution in [0.5, 0.6) is 0 Å². The Morgan fingerprint density at radius 2 is 1.96 bits per heavy atom. The largest absolute Gasteiger partial charge is 0.326 e. The molecule has 1 fully saturated rings. The highest BCUT2D eigenvalue weighted by molar-refractivity contribution is 7.15. The number of rotatable bonds is 3. The first kappa shape index (κ1) is 15.4. The van der Waals surface area contributed by atoms with Gasteiger partial charge in [0.25, 0.3) is 0 Å². The zero-order valence-electron chi connectivity index (χ0n) is 13.8. The van der Waals surface area contributed by atoms with Gasteiger partial charge in [-0.3, -0.25) is 9.20 Å². The number of nitrogens with zero attached hydrogens (tertiary/aromatic N) is 2. The van der Waals surface area contributed by atoms with Crippen LogP contribution in [-0.4, -0.2) is 15.3 Å². The molecule has 1 N–H and O–H groups in total. The van der Waals surface area contributed by atoms with Crippen molar-refractivity contribution in [1.82, 2.24) is 9.38 Å². The number of imidazole rings is 1. The molecule has 0 bridgehead atoms. The van der Waals surface area contributed by atoms with Gasteiger partial charge in [-0.2, -0.15) is 0 Å². The predicted octanol–water partition coefficient (Wildman–Crippen LogP) is 4.89. The molecule has 2 aromatic heterocycles. The van der Waals surface area contributed by atoms with Crippen molar-refractivity contribution >= 4 is 27.9 Å². The number of fused-ring (bicyclic) bond motifs is 1. The van der Waals surface area contributed by atoms with Crippen molar-refractivity contribution in [2.45, 2.75) is 39.0 Å². The fraction of sp³-hybridized carbons (Fsp3) is 0.368. The summed E-state index contributed by atoms with van der Waals surface area (Å²) in [5, 5.41) is 5.17. The predicted molar refractivity (Wildman–Crippen MR) is 98.4 cm³/mol. The molecule has 0 spiro atoms. The van der Waals surface area contributed by atoms with Crippen LogP contribution in [0.15, 0.2) is 35.8 Å². The highest BCUT2D eigenvalue weighted by atomic mass is 32.1. The molecule has 0 radical (unpaired) electrons. The Morgan fingerprint density at radius 1 is 1.21 bits per heavy atom. The Morgan fingerprint density at radius 3 is 2.67 bits per heavy atom. The molecule has 1 aliphatic rings. The van der Waals surface area contributed by atoms with E-state index in [9.17, 15) is 4.79 Å². The summed E-state index contributed by atoms with van der Waals surface area (Å²) in [5.41, 5.74) is 4.10. The number of aryl methyl sites for hydroxylation is 1. The Bertz CT molecular complexity index is 857. The van der Waals surface area contributed by atoms with Crippen LogP contribution in [0.4, 0.5) is 5.69 Å². The van der Waals surface area contributed by atoms with E-state index in [2.05, 4.69) is 33.2 Å².